The van der Waals surface area contributed by atoms with E-state index >= 15 is 0 Å². The van der Waals surface area contributed by atoms with Gasteiger partial charge in [0, 0.05) is 45.0 Å². The van der Waals surface area contributed by atoms with Crippen LogP contribution in [0, 0.1) is 0 Å². The molecule has 0 aliphatic carbocycles. The van der Waals surface area contributed by atoms with E-state index in [1.807, 2.05) is 0 Å². The Labute approximate surface area is 117 Å². The molecular weight excluding hydrogens is 234 g/mol. The molecule has 0 saturated carbocycles. The number of hydrogen-bond donors (Lipinski definition) is 1. The Morgan fingerprint density at radius 1 is 1.37 bits per heavy atom. The summed E-state index contributed by atoms with van der Waals surface area (Å²) in [6.45, 7) is 8.75. The summed E-state index contributed by atoms with van der Waals surface area (Å²) in [6, 6.07) is 7.49. The van der Waals surface area contributed by atoms with Crippen LogP contribution in [0.4, 0.5) is 5.69 Å². The van der Waals surface area contributed by atoms with Crippen LogP contribution in [0.3, 0.4) is 0 Å². The second-order valence-corrected chi connectivity index (χ2v) is 5.89. The van der Waals surface area contributed by atoms with Crippen molar-refractivity contribution in [1.29, 1.82) is 0 Å². The van der Waals surface area contributed by atoms with Crippen molar-refractivity contribution in [2.45, 2.75) is 32.9 Å². The highest BCUT2D eigenvalue weighted by atomic mass is 15.1. The minimum atomic E-state index is 0.623. The number of benzene rings is 1. The molecule has 0 bridgehead atoms. The van der Waals surface area contributed by atoms with E-state index in [-0.39, 0.29) is 0 Å². The number of nitrogens with one attached hydrogen (secondary N) is 1. The molecule has 0 saturated heterocycles. The molecule has 0 atom stereocenters. The summed E-state index contributed by atoms with van der Waals surface area (Å²) in [5, 5.41) is 3.53. The Morgan fingerprint density at radius 3 is 2.89 bits per heavy atom. The highest BCUT2D eigenvalue weighted by molar-refractivity contribution is 5.58. The molecule has 1 aliphatic heterocycles. The van der Waals surface area contributed by atoms with Gasteiger partial charge in [-0.25, -0.2) is 0 Å². The van der Waals surface area contributed by atoms with E-state index in [1.54, 1.807) is 0 Å². The van der Waals surface area contributed by atoms with Crippen LogP contribution >= 0.6 is 0 Å². The van der Waals surface area contributed by atoms with Gasteiger partial charge in [0.25, 0.3) is 0 Å². The van der Waals surface area contributed by atoms with Gasteiger partial charge in [0.1, 0.15) is 0 Å². The lowest BCUT2D eigenvalue weighted by atomic mass is 10.1. The monoisotopic (exact) mass is 261 g/mol. The van der Waals surface area contributed by atoms with Crippen molar-refractivity contribution in [3.8, 4) is 0 Å². The van der Waals surface area contributed by atoms with Crippen molar-refractivity contribution in [3.63, 3.8) is 0 Å². The van der Waals surface area contributed by atoms with E-state index in [0.717, 1.165) is 26.2 Å². The SMILES string of the molecule is CC(C)N(C)CCNCc1ccc2c(c1)CCN2C. The lowest BCUT2D eigenvalue weighted by molar-refractivity contribution is 0.273. The third-order valence-corrected chi connectivity index (χ3v) is 4.12. The zero-order valence-corrected chi connectivity index (χ0v) is 12.7. The molecular formula is C16H27N3. The van der Waals surface area contributed by atoms with Crippen molar-refractivity contribution < 1.29 is 0 Å². The number of nitrogens with zero attached hydrogens (tertiary/aromatic N) is 2. The largest absolute Gasteiger partial charge is 0.374 e. The van der Waals surface area contributed by atoms with Gasteiger partial charge in [0.15, 0.2) is 0 Å². The fourth-order valence-corrected chi connectivity index (χ4v) is 2.48. The van der Waals surface area contributed by atoms with Crippen LogP contribution in [0.1, 0.15) is 25.0 Å². The van der Waals surface area contributed by atoms with Crippen molar-refractivity contribution in [1.82, 2.24) is 10.2 Å². The second kappa shape index (κ2) is 6.40. The summed E-state index contributed by atoms with van der Waals surface area (Å²) in [4.78, 5) is 4.70. The van der Waals surface area contributed by atoms with Gasteiger partial charge in [-0.1, -0.05) is 12.1 Å². The molecule has 19 heavy (non-hydrogen) atoms. The molecule has 0 unspecified atom stereocenters. The second-order valence-electron chi connectivity index (χ2n) is 5.89. The summed E-state index contributed by atoms with van der Waals surface area (Å²) in [5.41, 5.74) is 4.31. The molecule has 3 heteroatoms. The van der Waals surface area contributed by atoms with E-state index in [9.17, 15) is 0 Å². The predicted octanol–water partition coefficient (Wildman–Crippen LogP) is 2.11. The summed E-state index contributed by atoms with van der Waals surface area (Å²) in [7, 11) is 4.35. The molecule has 0 fully saturated rings. The van der Waals surface area contributed by atoms with E-state index in [0.29, 0.717) is 6.04 Å². The van der Waals surface area contributed by atoms with E-state index in [4.69, 9.17) is 0 Å². The maximum atomic E-state index is 3.53. The highest BCUT2D eigenvalue weighted by Gasteiger charge is 2.15. The predicted molar refractivity (Wildman–Crippen MR) is 82.9 cm³/mol. The summed E-state index contributed by atoms with van der Waals surface area (Å²) >= 11 is 0. The fraction of sp³-hybridized carbons (Fsp3) is 0.625. The van der Waals surface area contributed by atoms with Gasteiger partial charge in [0.05, 0.1) is 0 Å². The first kappa shape index (κ1) is 14.4. The van der Waals surface area contributed by atoms with Crippen LogP contribution in [-0.4, -0.2) is 44.7 Å². The molecule has 1 aromatic carbocycles. The van der Waals surface area contributed by atoms with E-state index in [2.05, 4.69) is 61.3 Å². The Bertz CT molecular complexity index is 414. The van der Waals surface area contributed by atoms with Crippen LogP contribution < -0.4 is 10.2 Å². The molecule has 1 aliphatic rings. The maximum absolute atomic E-state index is 3.53. The summed E-state index contributed by atoms with van der Waals surface area (Å²) < 4.78 is 0. The van der Waals surface area contributed by atoms with Gasteiger partial charge in [-0.3, -0.25) is 0 Å². The van der Waals surface area contributed by atoms with E-state index < -0.39 is 0 Å². The van der Waals surface area contributed by atoms with E-state index in [1.165, 1.54) is 23.2 Å². The van der Waals surface area contributed by atoms with Crippen LogP contribution in [0.5, 0.6) is 0 Å². The van der Waals surface area contributed by atoms with Crippen molar-refractivity contribution in [3.05, 3.63) is 29.3 Å². The average molecular weight is 261 g/mol. The van der Waals surface area contributed by atoms with Gasteiger partial charge in [-0.05, 0) is 44.5 Å². The minimum Gasteiger partial charge on any atom is -0.374 e. The quantitative estimate of drug-likeness (QED) is 0.791. The lowest BCUT2D eigenvalue weighted by Gasteiger charge is -2.21. The zero-order valence-electron chi connectivity index (χ0n) is 12.7. The van der Waals surface area contributed by atoms with Gasteiger partial charge in [0.2, 0.25) is 0 Å². The molecule has 1 heterocycles. The number of hydrogen-bond acceptors (Lipinski definition) is 3. The summed E-state index contributed by atoms with van der Waals surface area (Å²) in [5.74, 6) is 0. The molecule has 0 radical (unpaired) electrons. The number of rotatable bonds is 6. The molecule has 2 rings (SSSR count). The molecule has 1 N–H and O–H groups in total. The van der Waals surface area contributed by atoms with Crippen LogP contribution in [0.2, 0.25) is 0 Å². The fourth-order valence-electron chi connectivity index (χ4n) is 2.48. The Morgan fingerprint density at radius 2 is 2.16 bits per heavy atom. The zero-order chi connectivity index (χ0) is 13.8. The van der Waals surface area contributed by atoms with Crippen molar-refractivity contribution in [2.75, 3.05) is 38.6 Å². The third kappa shape index (κ3) is 3.71. The molecule has 106 valence electrons. The van der Waals surface area contributed by atoms with Gasteiger partial charge in [-0.2, -0.15) is 0 Å². The smallest absolute Gasteiger partial charge is 0.0397 e. The maximum Gasteiger partial charge on any atom is 0.0397 e. The Kier molecular flexibility index (Phi) is 4.83. The van der Waals surface area contributed by atoms with Crippen molar-refractivity contribution in [2.24, 2.45) is 0 Å². The van der Waals surface area contributed by atoms with Gasteiger partial charge < -0.3 is 15.1 Å². The molecule has 0 aromatic heterocycles. The molecule has 3 nitrogen and oxygen atoms in total. The van der Waals surface area contributed by atoms with Gasteiger partial charge >= 0.3 is 0 Å². The van der Waals surface area contributed by atoms with Crippen LogP contribution in [0.25, 0.3) is 0 Å². The lowest BCUT2D eigenvalue weighted by Crippen LogP contribution is -2.33. The first-order valence-corrected chi connectivity index (χ1v) is 7.32. The standard InChI is InChI=1S/C16H27N3/c1-13(2)18(3)10-8-17-12-14-5-6-16-15(11-14)7-9-19(16)4/h5-6,11,13,17H,7-10,12H2,1-4H3. The molecule has 0 amide bonds. The van der Waals surface area contributed by atoms with Gasteiger partial charge in [-0.15, -0.1) is 0 Å². The topological polar surface area (TPSA) is 18.5 Å². The normalized spacial score (nSPS) is 14.5. The van der Waals surface area contributed by atoms with Crippen molar-refractivity contribution >= 4 is 5.69 Å². The minimum absolute atomic E-state index is 0.623. The first-order valence-electron chi connectivity index (χ1n) is 7.32. The van der Waals surface area contributed by atoms with Crippen LogP contribution in [0.15, 0.2) is 18.2 Å². The highest BCUT2D eigenvalue weighted by Crippen LogP contribution is 2.27. The number of fused-ring (bicyclic) bond motifs is 1. The Balaban J connectivity index is 1.78. The Hall–Kier alpha value is -1.06. The molecule has 1 aromatic rings. The third-order valence-electron chi connectivity index (χ3n) is 4.12. The molecule has 0 spiro atoms. The number of anilines is 1. The average Bonchev–Trinajstić information content (AvgIpc) is 2.75. The first-order chi connectivity index (χ1) is 9.08. The summed E-state index contributed by atoms with van der Waals surface area (Å²) in [6.07, 6.45) is 1.19. The van der Waals surface area contributed by atoms with Crippen LogP contribution in [-0.2, 0) is 13.0 Å². The number of likely N-dealkylation sites (N-methyl/N-ethyl adjacent to an activating group) is 2.